The van der Waals surface area contributed by atoms with E-state index in [-0.39, 0.29) is 11.4 Å². The Morgan fingerprint density at radius 3 is 2.60 bits per heavy atom. The Kier molecular flexibility index (Phi) is 4.16. The molecule has 0 heterocycles. The van der Waals surface area contributed by atoms with Gasteiger partial charge >= 0.3 is 6.03 Å². The maximum atomic E-state index is 12.5. The second-order valence-electron chi connectivity index (χ2n) is 9.77. The zero-order valence-electron chi connectivity index (χ0n) is 16.1. The van der Waals surface area contributed by atoms with Crippen molar-refractivity contribution in [1.29, 1.82) is 0 Å². The minimum atomic E-state index is -0.0415. The van der Waals surface area contributed by atoms with Gasteiger partial charge in [-0.15, -0.1) is 0 Å². The normalized spacial score (nSPS) is 48.9. The molecule has 0 unspecified atom stereocenters. The molecule has 4 saturated carbocycles. The first-order valence-corrected chi connectivity index (χ1v) is 10.4. The number of Topliss-reactive ketones (excluding diaryl/α,β-unsaturated/α-hetero) is 1. The number of carbonyl (C=O) groups is 2. The lowest BCUT2D eigenvalue weighted by molar-refractivity contribution is -0.139. The van der Waals surface area contributed by atoms with Crippen molar-refractivity contribution in [1.82, 2.24) is 10.6 Å². The van der Waals surface area contributed by atoms with E-state index < -0.39 is 0 Å². The lowest BCUT2D eigenvalue weighted by Gasteiger charge is -2.60. The zero-order valence-corrected chi connectivity index (χ0v) is 16.1. The van der Waals surface area contributed by atoms with E-state index in [0.717, 1.165) is 49.9 Å². The van der Waals surface area contributed by atoms with Gasteiger partial charge in [0.25, 0.3) is 0 Å². The average Bonchev–Trinajstić information content (AvgIpc) is 2.90. The molecule has 4 rings (SSSR count). The Balaban J connectivity index is 1.51. The van der Waals surface area contributed by atoms with Gasteiger partial charge < -0.3 is 10.6 Å². The van der Waals surface area contributed by atoms with Crippen molar-refractivity contribution in [2.45, 2.75) is 77.7 Å². The predicted molar refractivity (Wildman–Crippen MR) is 98.1 cm³/mol. The van der Waals surface area contributed by atoms with Crippen LogP contribution in [0.1, 0.15) is 71.6 Å². The molecule has 0 saturated heterocycles. The van der Waals surface area contributed by atoms with Gasteiger partial charge in [-0.1, -0.05) is 13.8 Å². The third-order valence-electron chi connectivity index (χ3n) is 8.94. The SMILES string of the molecule is CNC(=O)N[C@H]1CC[C@@]2(C)[C@@H](CC[C@@H]3[C@@H]2CC[C@]2(C)C(=O)CC[C@@H]32)C1. The third kappa shape index (κ3) is 2.54. The Labute approximate surface area is 151 Å². The molecule has 4 aliphatic carbocycles. The molecule has 0 aromatic rings. The predicted octanol–water partition coefficient (Wildman–Crippen LogP) is 3.90. The smallest absolute Gasteiger partial charge is 0.314 e. The Morgan fingerprint density at radius 1 is 1.04 bits per heavy atom. The second-order valence-corrected chi connectivity index (χ2v) is 9.77. The van der Waals surface area contributed by atoms with Crippen LogP contribution in [0.15, 0.2) is 0 Å². The molecule has 7 atom stereocenters. The lowest BCUT2D eigenvalue weighted by Crippen LogP contribution is -2.55. The lowest BCUT2D eigenvalue weighted by atomic mass is 9.45. The van der Waals surface area contributed by atoms with Crippen molar-refractivity contribution in [3.63, 3.8) is 0 Å². The van der Waals surface area contributed by atoms with Crippen LogP contribution in [-0.2, 0) is 4.79 Å². The highest BCUT2D eigenvalue weighted by Gasteiger charge is 2.60. The maximum Gasteiger partial charge on any atom is 0.314 e. The fraction of sp³-hybridized carbons (Fsp3) is 0.905. The molecule has 0 aromatic carbocycles. The summed E-state index contributed by atoms with van der Waals surface area (Å²) < 4.78 is 0. The van der Waals surface area contributed by atoms with E-state index in [2.05, 4.69) is 24.5 Å². The fourth-order valence-corrected chi connectivity index (χ4v) is 7.42. The highest BCUT2D eigenvalue weighted by molar-refractivity contribution is 5.87. The van der Waals surface area contributed by atoms with Gasteiger partial charge in [-0.05, 0) is 80.5 Å². The van der Waals surface area contributed by atoms with Crippen molar-refractivity contribution in [2.75, 3.05) is 7.05 Å². The van der Waals surface area contributed by atoms with Gasteiger partial charge in [0, 0.05) is 24.9 Å². The van der Waals surface area contributed by atoms with Crippen LogP contribution < -0.4 is 10.6 Å². The number of urea groups is 1. The van der Waals surface area contributed by atoms with Gasteiger partial charge in [-0.3, -0.25) is 4.79 Å². The summed E-state index contributed by atoms with van der Waals surface area (Å²) in [6.07, 6.45) is 10.4. The molecule has 0 aliphatic heterocycles. The Bertz CT molecular complexity index is 576. The summed E-state index contributed by atoms with van der Waals surface area (Å²) in [4.78, 5) is 24.2. The number of rotatable bonds is 1. The number of ketones is 1. The van der Waals surface area contributed by atoms with Crippen LogP contribution in [0.2, 0.25) is 0 Å². The largest absolute Gasteiger partial charge is 0.341 e. The molecule has 2 N–H and O–H groups in total. The minimum absolute atomic E-state index is 0.0116. The van der Waals surface area contributed by atoms with Gasteiger partial charge in [0.05, 0.1) is 0 Å². The van der Waals surface area contributed by atoms with Crippen LogP contribution in [0, 0.1) is 34.5 Å². The fourth-order valence-electron chi connectivity index (χ4n) is 7.42. The minimum Gasteiger partial charge on any atom is -0.341 e. The van der Waals surface area contributed by atoms with Gasteiger partial charge in [0.2, 0.25) is 0 Å². The summed E-state index contributed by atoms with van der Waals surface area (Å²) in [6.45, 7) is 4.80. The molecule has 4 nitrogen and oxygen atoms in total. The summed E-state index contributed by atoms with van der Waals surface area (Å²) >= 11 is 0. The van der Waals surface area contributed by atoms with Gasteiger partial charge in [-0.2, -0.15) is 0 Å². The number of hydrogen-bond donors (Lipinski definition) is 2. The molecule has 0 bridgehead atoms. The number of amides is 2. The van der Waals surface area contributed by atoms with E-state index in [1.54, 1.807) is 7.05 Å². The molecule has 140 valence electrons. The first-order valence-electron chi connectivity index (χ1n) is 10.4. The third-order valence-corrected chi connectivity index (χ3v) is 8.94. The Hall–Kier alpha value is -1.06. The molecular formula is C21H34N2O2. The van der Waals surface area contributed by atoms with Crippen LogP contribution in [0.25, 0.3) is 0 Å². The molecule has 4 fully saturated rings. The first-order chi connectivity index (χ1) is 11.9. The van der Waals surface area contributed by atoms with Crippen molar-refractivity contribution >= 4 is 11.8 Å². The molecule has 0 aromatic heterocycles. The molecule has 25 heavy (non-hydrogen) atoms. The van der Waals surface area contributed by atoms with Crippen LogP contribution in [-0.4, -0.2) is 24.9 Å². The number of carbonyl (C=O) groups excluding carboxylic acids is 2. The van der Waals surface area contributed by atoms with E-state index in [1.807, 2.05) is 0 Å². The summed E-state index contributed by atoms with van der Waals surface area (Å²) in [5, 5.41) is 5.84. The molecule has 0 spiro atoms. The van der Waals surface area contributed by atoms with Crippen molar-refractivity contribution in [2.24, 2.45) is 34.5 Å². The summed E-state index contributed by atoms with van der Waals surface area (Å²) in [6, 6.07) is 0.289. The van der Waals surface area contributed by atoms with E-state index in [4.69, 9.17) is 0 Å². The average molecular weight is 347 g/mol. The van der Waals surface area contributed by atoms with Crippen molar-refractivity contribution < 1.29 is 9.59 Å². The van der Waals surface area contributed by atoms with E-state index in [9.17, 15) is 9.59 Å². The van der Waals surface area contributed by atoms with E-state index in [0.29, 0.717) is 23.2 Å². The summed E-state index contributed by atoms with van der Waals surface area (Å²) in [5.41, 5.74) is 0.402. The highest BCUT2D eigenvalue weighted by atomic mass is 16.2. The van der Waals surface area contributed by atoms with Gasteiger partial charge in [0.1, 0.15) is 5.78 Å². The monoisotopic (exact) mass is 346 g/mol. The molecule has 4 aliphatic rings. The quantitative estimate of drug-likeness (QED) is 0.756. The zero-order chi connectivity index (χ0) is 17.8. The highest BCUT2D eigenvalue weighted by Crippen LogP contribution is 2.65. The molecule has 4 heteroatoms. The number of fused-ring (bicyclic) bond motifs is 5. The number of nitrogens with one attached hydrogen (secondary N) is 2. The van der Waals surface area contributed by atoms with Gasteiger partial charge in [0.15, 0.2) is 0 Å². The van der Waals surface area contributed by atoms with Crippen molar-refractivity contribution in [3.05, 3.63) is 0 Å². The van der Waals surface area contributed by atoms with Crippen LogP contribution >= 0.6 is 0 Å². The molecule has 0 radical (unpaired) electrons. The first kappa shape index (κ1) is 17.4. The summed E-state index contributed by atoms with van der Waals surface area (Å²) in [7, 11) is 1.69. The van der Waals surface area contributed by atoms with Crippen LogP contribution in [0.3, 0.4) is 0 Å². The number of hydrogen-bond acceptors (Lipinski definition) is 2. The van der Waals surface area contributed by atoms with Crippen LogP contribution in [0.4, 0.5) is 4.79 Å². The second kappa shape index (κ2) is 5.99. The standard InChI is InChI=1S/C21H34N2O2/c1-20-10-8-14(23-19(25)22-3)12-13(20)4-5-15-16-6-7-18(24)21(16,2)11-9-17(15)20/h13-17H,4-12H2,1-3H3,(H2,22,23,25)/t13-,14-,15-,16-,17-,20-,21-/m0/s1. The van der Waals surface area contributed by atoms with Crippen molar-refractivity contribution in [3.8, 4) is 0 Å². The molecular weight excluding hydrogens is 312 g/mol. The summed E-state index contributed by atoms with van der Waals surface area (Å²) in [5.74, 6) is 3.46. The maximum absolute atomic E-state index is 12.5. The van der Waals surface area contributed by atoms with Gasteiger partial charge in [-0.25, -0.2) is 4.79 Å². The van der Waals surface area contributed by atoms with E-state index >= 15 is 0 Å². The Morgan fingerprint density at radius 2 is 1.84 bits per heavy atom. The topological polar surface area (TPSA) is 58.2 Å². The van der Waals surface area contributed by atoms with Crippen LogP contribution in [0.5, 0.6) is 0 Å². The molecule has 2 amide bonds. The van der Waals surface area contributed by atoms with E-state index in [1.165, 1.54) is 25.7 Å².